The van der Waals surface area contributed by atoms with Gasteiger partial charge in [0, 0.05) is 29.4 Å². The number of hydrogen-bond acceptors (Lipinski definition) is 4. The lowest BCUT2D eigenvalue weighted by atomic mass is 9.84. The highest BCUT2D eigenvalue weighted by atomic mass is 28.3. The molecule has 248 valence electrons. The Hall–Kier alpha value is 0.274. The van der Waals surface area contributed by atoms with Crippen LogP contribution in [0.15, 0.2) is 0 Å². The molecule has 41 heavy (non-hydrogen) atoms. The van der Waals surface area contributed by atoms with Crippen molar-refractivity contribution in [2.75, 3.05) is 26.4 Å². The molecule has 0 N–H and O–H groups in total. The summed E-state index contributed by atoms with van der Waals surface area (Å²) in [4.78, 5) is 0. The van der Waals surface area contributed by atoms with Crippen LogP contribution < -0.4 is 0 Å². The fraction of sp³-hybridized carbons (Fsp3) is 1.00. The van der Waals surface area contributed by atoms with Gasteiger partial charge in [-0.05, 0) is 37.5 Å². The summed E-state index contributed by atoms with van der Waals surface area (Å²) in [7, 11) is -0.266. The predicted octanol–water partition coefficient (Wildman–Crippen LogP) is 10.0. The third-order valence-corrected chi connectivity index (χ3v) is 14.7. The Morgan fingerprint density at radius 2 is 0.585 bits per heavy atom. The van der Waals surface area contributed by atoms with Crippen molar-refractivity contribution >= 4 is 17.6 Å². The third-order valence-electron chi connectivity index (χ3n) is 9.38. The van der Waals surface area contributed by atoms with Crippen LogP contribution >= 0.6 is 0 Å². The largest absolute Gasteiger partial charge is 0.353 e. The summed E-state index contributed by atoms with van der Waals surface area (Å²) in [6, 6.07) is 6.45. The molecular formula is C35H76O4Si2. The topological polar surface area (TPSA) is 36.9 Å². The average molecular weight is 617 g/mol. The summed E-state index contributed by atoms with van der Waals surface area (Å²) in [5.41, 5.74) is 0. The minimum absolute atomic E-state index is 0. The highest BCUT2D eigenvalue weighted by molar-refractivity contribution is 6.57. The first-order valence-corrected chi connectivity index (χ1v) is 23.0. The van der Waals surface area contributed by atoms with E-state index in [9.17, 15) is 0 Å². The van der Waals surface area contributed by atoms with Gasteiger partial charge < -0.3 is 18.9 Å². The maximum absolute atomic E-state index is 5.17. The van der Waals surface area contributed by atoms with Crippen molar-refractivity contribution in [3.05, 3.63) is 0 Å². The second kappa shape index (κ2) is 24.6. The van der Waals surface area contributed by atoms with E-state index in [0.717, 1.165) is 50.1 Å². The van der Waals surface area contributed by atoms with Crippen LogP contribution in [0.2, 0.25) is 37.3 Å². The van der Waals surface area contributed by atoms with Gasteiger partial charge in [-0.15, -0.1) is 0 Å². The van der Waals surface area contributed by atoms with Gasteiger partial charge in [-0.3, -0.25) is 0 Å². The van der Waals surface area contributed by atoms with Gasteiger partial charge in [-0.25, -0.2) is 0 Å². The lowest BCUT2D eigenvalue weighted by Crippen LogP contribution is -2.27. The molecular weight excluding hydrogens is 541 g/mol. The molecule has 0 aromatic carbocycles. The average Bonchev–Trinajstić information content (AvgIpc) is 2.94. The normalized spacial score (nSPS) is 38.8. The molecule has 0 radical (unpaired) electrons. The quantitative estimate of drug-likeness (QED) is 0.254. The van der Waals surface area contributed by atoms with E-state index in [4.69, 9.17) is 18.9 Å². The summed E-state index contributed by atoms with van der Waals surface area (Å²) in [5.74, 6) is 5.30. The second-order valence-corrected chi connectivity index (χ2v) is 21.5. The van der Waals surface area contributed by atoms with Crippen molar-refractivity contribution < 1.29 is 18.9 Å². The summed E-state index contributed by atoms with van der Waals surface area (Å²) < 4.78 is 20.7. The Labute approximate surface area is 262 Å². The molecule has 0 spiro atoms. The highest BCUT2D eigenvalue weighted by Crippen LogP contribution is 2.27. The fourth-order valence-electron chi connectivity index (χ4n) is 5.67. The summed E-state index contributed by atoms with van der Waals surface area (Å²) in [6.45, 7) is 26.0. The first-order chi connectivity index (χ1) is 18.9. The van der Waals surface area contributed by atoms with Crippen LogP contribution in [0.4, 0.5) is 0 Å². The molecule has 4 saturated heterocycles. The molecule has 0 bridgehead atoms. The van der Waals surface area contributed by atoms with E-state index in [1.54, 1.807) is 24.2 Å². The van der Waals surface area contributed by atoms with Crippen LogP contribution in [0.5, 0.6) is 0 Å². The SMILES string of the molecule is C.CC1CCC(C)CC1.CC1CC[SiH](C)CC1.CC1CC[SiH](C)CC1.CC1COC(C)OC1.CC1COC(C)OC1. The fourth-order valence-corrected chi connectivity index (χ4v) is 10.8. The summed E-state index contributed by atoms with van der Waals surface area (Å²) in [6.07, 6.45) is 12.1. The Morgan fingerprint density at radius 3 is 0.780 bits per heavy atom. The molecule has 4 aliphatic heterocycles. The number of hydrogen-bond donors (Lipinski definition) is 0. The van der Waals surface area contributed by atoms with E-state index in [2.05, 4.69) is 54.6 Å². The monoisotopic (exact) mass is 617 g/mol. The lowest BCUT2D eigenvalue weighted by Gasteiger charge is -2.24. The maximum Gasteiger partial charge on any atom is 0.154 e. The molecule has 5 fully saturated rings. The molecule has 0 aromatic rings. The van der Waals surface area contributed by atoms with Crippen molar-refractivity contribution in [3.63, 3.8) is 0 Å². The summed E-state index contributed by atoms with van der Waals surface area (Å²) in [5, 5.41) is 0. The first kappa shape index (κ1) is 41.3. The molecule has 0 aromatic heterocycles. The van der Waals surface area contributed by atoms with Crippen LogP contribution in [-0.4, -0.2) is 56.6 Å². The molecule has 0 amide bonds. The third kappa shape index (κ3) is 23.3. The maximum atomic E-state index is 5.17. The molecule has 5 aliphatic rings. The smallest absolute Gasteiger partial charge is 0.154 e. The Balaban J connectivity index is 0.000000485. The van der Waals surface area contributed by atoms with Crippen LogP contribution in [-0.2, 0) is 18.9 Å². The van der Waals surface area contributed by atoms with Gasteiger partial charge in [-0.1, -0.05) is 138 Å². The van der Waals surface area contributed by atoms with Crippen LogP contribution in [0, 0.1) is 35.5 Å². The standard InChI is InChI=1S/C8H16.2C7H16Si.2C6H12O2.CH4/c3*1-7-3-5-8(2)6-4-7;2*1-5-3-7-6(2)8-4-5;/h3*7-8H,3-6H2,1-2H3;2*5-6H,3-4H2,1-2H3;1H4. The summed E-state index contributed by atoms with van der Waals surface area (Å²) >= 11 is 0. The van der Waals surface area contributed by atoms with Gasteiger partial charge in [0.25, 0.3) is 0 Å². The van der Waals surface area contributed by atoms with Gasteiger partial charge >= 0.3 is 0 Å². The van der Waals surface area contributed by atoms with Gasteiger partial charge in [0.05, 0.1) is 26.4 Å². The van der Waals surface area contributed by atoms with Gasteiger partial charge in [0.2, 0.25) is 0 Å². The zero-order chi connectivity index (χ0) is 29.9. The van der Waals surface area contributed by atoms with Gasteiger partial charge in [0.1, 0.15) is 0 Å². The van der Waals surface area contributed by atoms with Crippen molar-refractivity contribution in [3.8, 4) is 0 Å². The van der Waals surface area contributed by atoms with Crippen molar-refractivity contribution in [1.82, 2.24) is 0 Å². The molecule has 0 atom stereocenters. The molecule has 0 unspecified atom stereocenters. The Morgan fingerprint density at radius 1 is 0.366 bits per heavy atom. The van der Waals surface area contributed by atoms with Gasteiger partial charge in [-0.2, -0.15) is 0 Å². The molecule has 5 rings (SSSR count). The molecule has 6 heteroatoms. The predicted molar refractivity (Wildman–Crippen MR) is 187 cm³/mol. The van der Waals surface area contributed by atoms with E-state index in [0.29, 0.717) is 11.8 Å². The zero-order valence-corrected chi connectivity index (χ0v) is 31.0. The Bertz CT molecular complexity index is 388. The van der Waals surface area contributed by atoms with Crippen LogP contribution in [0.25, 0.3) is 0 Å². The van der Waals surface area contributed by atoms with Crippen LogP contribution in [0.1, 0.15) is 114 Å². The molecule has 1 aliphatic carbocycles. The number of ether oxygens (including phenoxy) is 4. The molecule has 4 heterocycles. The highest BCUT2D eigenvalue weighted by Gasteiger charge is 2.16. The van der Waals surface area contributed by atoms with Gasteiger partial charge in [0.15, 0.2) is 12.6 Å². The first-order valence-electron chi connectivity index (χ1n) is 17.4. The second-order valence-electron chi connectivity index (χ2n) is 14.8. The van der Waals surface area contributed by atoms with Crippen molar-refractivity contribution in [2.24, 2.45) is 35.5 Å². The van der Waals surface area contributed by atoms with E-state index in [-0.39, 0.29) is 37.6 Å². The zero-order valence-electron chi connectivity index (χ0n) is 28.7. The minimum atomic E-state index is -0.133. The van der Waals surface area contributed by atoms with E-state index in [1.165, 1.54) is 51.4 Å². The van der Waals surface area contributed by atoms with E-state index in [1.807, 2.05) is 13.8 Å². The van der Waals surface area contributed by atoms with Crippen molar-refractivity contribution in [1.29, 1.82) is 0 Å². The lowest BCUT2D eigenvalue weighted by molar-refractivity contribution is -0.187. The molecule has 4 nitrogen and oxygen atoms in total. The van der Waals surface area contributed by atoms with E-state index >= 15 is 0 Å². The minimum Gasteiger partial charge on any atom is -0.353 e. The van der Waals surface area contributed by atoms with Crippen molar-refractivity contribution in [2.45, 2.75) is 164 Å². The van der Waals surface area contributed by atoms with E-state index < -0.39 is 0 Å². The number of rotatable bonds is 0. The van der Waals surface area contributed by atoms with Crippen LogP contribution in [0.3, 0.4) is 0 Å². The molecule has 1 saturated carbocycles. The Kier molecular flexibility index (Phi) is 24.7.